The molecule has 0 heterocycles. The van der Waals surface area contributed by atoms with Crippen molar-refractivity contribution in [1.29, 1.82) is 0 Å². The average molecular weight is 266 g/mol. The van der Waals surface area contributed by atoms with Crippen molar-refractivity contribution in [3.63, 3.8) is 0 Å². The first-order chi connectivity index (χ1) is 6.43. The maximum Gasteiger partial charge on any atom is 0.0634 e. The van der Waals surface area contributed by atoms with Gasteiger partial charge in [0.15, 0.2) is 0 Å². The maximum atomic E-state index is 5.36. The number of methoxy groups -OCH3 is 1. The first kappa shape index (κ1) is 14.4. The molecule has 0 radical (unpaired) electrons. The number of nitrogens with one attached hydrogen (secondary N) is 1. The lowest BCUT2D eigenvalue weighted by Gasteiger charge is -2.25. The molecule has 0 aromatic heterocycles. The number of hydrogen-bond acceptors (Lipinski definition) is 2. The fraction of sp³-hybridized carbons (Fsp3) is 1.00. The Balaban J connectivity index is 3.63. The van der Waals surface area contributed by atoms with Crippen molar-refractivity contribution >= 4 is 15.9 Å². The molecule has 14 heavy (non-hydrogen) atoms. The van der Waals surface area contributed by atoms with Gasteiger partial charge in [-0.1, -0.05) is 22.9 Å². The van der Waals surface area contributed by atoms with Crippen LogP contribution >= 0.6 is 15.9 Å². The van der Waals surface area contributed by atoms with E-state index in [0.717, 1.165) is 18.3 Å². The highest BCUT2D eigenvalue weighted by Crippen LogP contribution is 2.12. The summed E-state index contributed by atoms with van der Waals surface area (Å²) in [6.07, 6.45) is 1.04. The second-order valence-corrected chi connectivity index (χ2v) is 5.24. The van der Waals surface area contributed by atoms with E-state index in [9.17, 15) is 0 Å². The van der Waals surface area contributed by atoms with Crippen molar-refractivity contribution in [2.24, 2.45) is 5.92 Å². The summed E-state index contributed by atoms with van der Waals surface area (Å²) in [4.78, 5) is 0. The van der Waals surface area contributed by atoms with Gasteiger partial charge in [0, 0.05) is 18.5 Å². The summed E-state index contributed by atoms with van der Waals surface area (Å²) in [5.74, 6) is 0.667. The number of rotatable bonds is 7. The highest BCUT2D eigenvalue weighted by atomic mass is 79.9. The molecule has 0 aromatic carbocycles. The lowest BCUT2D eigenvalue weighted by molar-refractivity contribution is 0.0152. The predicted molar refractivity (Wildman–Crippen MR) is 66.1 cm³/mol. The van der Waals surface area contributed by atoms with Crippen molar-refractivity contribution in [1.82, 2.24) is 5.32 Å². The summed E-state index contributed by atoms with van der Waals surface area (Å²) in [6.45, 7) is 9.72. The second-order valence-electron chi connectivity index (χ2n) is 4.59. The Morgan fingerprint density at radius 1 is 1.36 bits per heavy atom. The molecular formula is C11H24BrNO. The van der Waals surface area contributed by atoms with E-state index in [-0.39, 0.29) is 5.60 Å². The molecule has 0 bridgehead atoms. The molecule has 0 fully saturated rings. The first-order valence-corrected chi connectivity index (χ1v) is 6.39. The van der Waals surface area contributed by atoms with Crippen molar-refractivity contribution in [2.75, 3.05) is 19.0 Å². The summed E-state index contributed by atoms with van der Waals surface area (Å²) in [5.41, 5.74) is -0.00956. The van der Waals surface area contributed by atoms with Crippen LogP contribution < -0.4 is 5.32 Å². The summed E-state index contributed by atoms with van der Waals surface area (Å²) in [6, 6.07) is 0.557. The minimum atomic E-state index is -0.00956. The van der Waals surface area contributed by atoms with Crippen LogP contribution in [0.1, 0.15) is 34.1 Å². The molecule has 0 rings (SSSR count). The third-order valence-corrected chi connectivity index (χ3v) is 3.86. The van der Waals surface area contributed by atoms with E-state index in [1.165, 1.54) is 0 Å². The zero-order chi connectivity index (χ0) is 11.2. The quantitative estimate of drug-likeness (QED) is 0.715. The standard InChI is InChI=1S/C11H24BrNO/c1-9(8-12)10(2)13-7-6-11(3,4)14-5/h9-10,13H,6-8H2,1-5H3. The zero-order valence-corrected chi connectivity index (χ0v) is 11.6. The Kier molecular flexibility index (Phi) is 7.00. The molecule has 0 amide bonds. The Morgan fingerprint density at radius 3 is 2.36 bits per heavy atom. The van der Waals surface area contributed by atoms with Crippen LogP contribution in [-0.4, -0.2) is 30.6 Å². The van der Waals surface area contributed by atoms with Gasteiger partial charge < -0.3 is 10.1 Å². The fourth-order valence-corrected chi connectivity index (χ4v) is 1.60. The molecule has 2 unspecified atom stereocenters. The Labute approximate surface area is 96.9 Å². The van der Waals surface area contributed by atoms with Crippen LogP contribution in [0.25, 0.3) is 0 Å². The Bertz CT molecular complexity index is 150. The average Bonchev–Trinajstić information content (AvgIpc) is 2.16. The third kappa shape index (κ3) is 5.99. The van der Waals surface area contributed by atoms with Crippen LogP contribution in [0.3, 0.4) is 0 Å². The minimum Gasteiger partial charge on any atom is -0.379 e. The van der Waals surface area contributed by atoms with Crippen LogP contribution in [-0.2, 0) is 4.74 Å². The molecule has 86 valence electrons. The number of hydrogen-bond donors (Lipinski definition) is 1. The van der Waals surface area contributed by atoms with Gasteiger partial charge in [0.1, 0.15) is 0 Å². The molecule has 0 saturated carbocycles. The van der Waals surface area contributed by atoms with E-state index < -0.39 is 0 Å². The van der Waals surface area contributed by atoms with Crippen LogP contribution in [0.4, 0.5) is 0 Å². The van der Waals surface area contributed by atoms with Gasteiger partial charge in [0.25, 0.3) is 0 Å². The van der Waals surface area contributed by atoms with E-state index in [2.05, 4.69) is 48.9 Å². The molecule has 1 N–H and O–H groups in total. The summed E-state index contributed by atoms with van der Waals surface area (Å²) < 4.78 is 5.36. The fourth-order valence-electron chi connectivity index (χ4n) is 1.04. The SMILES string of the molecule is COC(C)(C)CCNC(C)C(C)CBr. The monoisotopic (exact) mass is 265 g/mol. The zero-order valence-electron chi connectivity index (χ0n) is 10.1. The van der Waals surface area contributed by atoms with Gasteiger partial charge in [-0.15, -0.1) is 0 Å². The molecular weight excluding hydrogens is 242 g/mol. The van der Waals surface area contributed by atoms with Crippen LogP contribution in [0, 0.1) is 5.92 Å². The lowest BCUT2D eigenvalue weighted by atomic mass is 10.0. The van der Waals surface area contributed by atoms with Gasteiger partial charge in [-0.25, -0.2) is 0 Å². The molecule has 0 aromatic rings. The van der Waals surface area contributed by atoms with Crippen LogP contribution in [0.2, 0.25) is 0 Å². The molecule has 0 aliphatic carbocycles. The lowest BCUT2D eigenvalue weighted by Crippen LogP contribution is -2.37. The first-order valence-electron chi connectivity index (χ1n) is 5.27. The van der Waals surface area contributed by atoms with Crippen LogP contribution in [0.5, 0.6) is 0 Å². The van der Waals surface area contributed by atoms with Crippen molar-refractivity contribution in [3.05, 3.63) is 0 Å². The highest BCUT2D eigenvalue weighted by Gasteiger charge is 2.17. The largest absolute Gasteiger partial charge is 0.379 e. The molecule has 2 nitrogen and oxygen atoms in total. The van der Waals surface area contributed by atoms with E-state index in [4.69, 9.17) is 4.74 Å². The number of alkyl halides is 1. The van der Waals surface area contributed by atoms with Crippen molar-refractivity contribution in [2.45, 2.75) is 45.8 Å². The minimum absolute atomic E-state index is 0.00956. The van der Waals surface area contributed by atoms with Gasteiger partial charge in [-0.2, -0.15) is 0 Å². The van der Waals surface area contributed by atoms with E-state index in [1.807, 2.05) is 0 Å². The van der Waals surface area contributed by atoms with Crippen molar-refractivity contribution < 1.29 is 4.74 Å². The maximum absolute atomic E-state index is 5.36. The normalized spacial score (nSPS) is 16.7. The van der Waals surface area contributed by atoms with Gasteiger partial charge in [-0.3, -0.25) is 0 Å². The molecule has 0 aliphatic rings. The van der Waals surface area contributed by atoms with E-state index >= 15 is 0 Å². The van der Waals surface area contributed by atoms with Gasteiger partial charge in [-0.05, 0) is 39.7 Å². The molecule has 3 heteroatoms. The second kappa shape index (κ2) is 6.81. The van der Waals surface area contributed by atoms with Crippen LogP contribution in [0.15, 0.2) is 0 Å². The molecule has 0 saturated heterocycles. The number of ether oxygens (including phenoxy) is 1. The predicted octanol–water partition coefficient (Wildman–Crippen LogP) is 2.81. The van der Waals surface area contributed by atoms with Gasteiger partial charge in [0.05, 0.1) is 5.60 Å². The smallest absolute Gasteiger partial charge is 0.0634 e. The van der Waals surface area contributed by atoms with E-state index in [1.54, 1.807) is 7.11 Å². The summed E-state index contributed by atoms with van der Waals surface area (Å²) in [5, 5.41) is 4.56. The molecule has 2 atom stereocenters. The van der Waals surface area contributed by atoms with E-state index in [0.29, 0.717) is 12.0 Å². The third-order valence-electron chi connectivity index (χ3n) is 2.84. The molecule has 0 spiro atoms. The highest BCUT2D eigenvalue weighted by molar-refractivity contribution is 9.09. The van der Waals surface area contributed by atoms with Crippen molar-refractivity contribution in [3.8, 4) is 0 Å². The Morgan fingerprint density at radius 2 is 1.93 bits per heavy atom. The summed E-state index contributed by atoms with van der Waals surface area (Å²) >= 11 is 3.50. The van der Waals surface area contributed by atoms with Gasteiger partial charge >= 0.3 is 0 Å². The number of halogens is 1. The molecule has 0 aliphatic heterocycles. The topological polar surface area (TPSA) is 21.3 Å². The van der Waals surface area contributed by atoms with Gasteiger partial charge in [0.2, 0.25) is 0 Å². The summed E-state index contributed by atoms with van der Waals surface area (Å²) in [7, 11) is 1.77. The Hall–Kier alpha value is 0.400.